The van der Waals surface area contributed by atoms with Crippen LogP contribution in [-0.4, -0.2) is 129 Å². The summed E-state index contributed by atoms with van der Waals surface area (Å²) in [6.45, 7) is 19.2. The van der Waals surface area contributed by atoms with E-state index in [0.717, 1.165) is 22.5 Å². The maximum atomic E-state index is 14.8. The number of nitrogens with one attached hydrogen (secondary N) is 4. The molecule has 0 aliphatic heterocycles. The largest absolute Gasteiger partial charge is 0.481 e. The first-order valence-electron chi connectivity index (χ1n) is 26.5. The average molecular weight is 1080 g/mol. The molecule has 3 aromatic rings. The van der Waals surface area contributed by atoms with E-state index in [0.29, 0.717) is 54.0 Å². The van der Waals surface area contributed by atoms with Crippen LogP contribution in [0.25, 0.3) is 0 Å². The number of thiazole rings is 1. The minimum Gasteiger partial charge on any atom is -0.481 e. The molecule has 2 aromatic carbocycles. The number of carboxylic acids is 2. The molecule has 0 spiro atoms. The number of amides is 5. The number of benzene rings is 2. The molecular weight excluding hydrogens is 993 g/mol. The normalized spacial score (nSPS) is 15.8. The summed E-state index contributed by atoms with van der Waals surface area (Å²) >= 11 is 1.14. The molecular formula is C56H85N8O11S+. The quantitative estimate of drug-likeness (QED) is 0.0253. The molecule has 420 valence electrons. The van der Waals surface area contributed by atoms with Crippen molar-refractivity contribution in [3.63, 3.8) is 0 Å². The maximum Gasteiger partial charge on any atom is 0.306 e. The van der Waals surface area contributed by atoms with Gasteiger partial charge in [0.05, 0.1) is 25.6 Å². The molecule has 19 nitrogen and oxygen atoms in total. The molecule has 0 saturated heterocycles. The number of ether oxygens (including phenoxy) is 1. The van der Waals surface area contributed by atoms with Crippen molar-refractivity contribution in [1.29, 1.82) is 0 Å². The van der Waals surface area contributed by atoms with Gasteiger partial charge in [0.15, 0.2) is 12.1 Å². The molecule has 10 atom stereocenters. The van der Waals surface area contributed by atoms with E-state index in [1.165, 1.54) is 6.92 Å². The van der Waals surface area contributed by atoms with Crippen molar-refractivity contribution < 1.29 is 57.8 Å². The highest BCUT2D eigenvalue weighted by Gasteiger charge is 2.41. The number of likely N-dealkylation sites (N-methyl/N-ethyl adjacent to an activating group) is 2. The van der Waals surface area contributed by atoms with Gasteiger partial charge in [0.2, 0.25) is 17.7 Å². The first kappa shape index (κ1) is 64.0. The molecule has 3 rings (SSSR count). The summed E-state index contributed by atoms with van der Waals surface area (Å²) in [4.78, 5) is 111. The Morgan fingerprint density at radius 3 is 1.99 bits per heavy atom. The fraction of sp³-hybridized carbons (Fsp3) is 0.589. The maximum absolute atomic E-state index is 14.8. The number of anilines is 1. The van der Waals surface area contributed by atoms with Crippen molar-refractivity contribution in [2.24, 2.45) is 29.4 Å². The molecule has 0 fully saturated rings. The highest BCUT2D eigenvalue weighted by Crippen LogP contribution is 2.32. The third kappa shape index (κ3) is 19.4. The molecule has 76 heavy (non-hydrogen) atoms. The topological polar surface area (TPSA) is 277 Å². The van der Waals surface area contributed by atoms with Gasteiger partial charge in [-0.05, 0) is 68.1 Å². The second-order valence-corrected chi connectivity index (χ2v) is 22.0. The third-order valence-corrected chi connectivity index (χ3v) is 15.2. The molecule has 0 radical (unpaired) electrons. The lowest BCUT2D eigenvalue weighted by molar-refractivity contribution is -0.936. The van der Waals surface area contributed by atoms with Crippen LogP contribution in [0.4, 0.5) is 5.69 Å². The zero-order valence-corrected chi connectivity index (χ0v) is 47.4. The van der Waals surface area contributed by atoms with Gasteiger partial charge in [0.1, 0.15) is 29.3 Å². The van der Waals surface area contributed by atoms with E-state index in [2.05, 4.69) is 26.3 Å². The van der Waals surface area contributed by atoms with Crippen LogP contribution in [0.5, 0.6) is 0 Å². The Kier molecular flexibility index (Phi) is 25.7. The number of aliphatic carboxylic acids is 2. The lowest BCUT2D eigenvalue weighted by Crippen LogP contribution is -2.62. The standard InChI is InChI=1S/C56H84N8O11S/c1-13-19-45(64(12,15-3)31-39-22-24-40(25-23-39)58-50(68)42(26-27-47(66)67)60-53(71)48(57)34(6)7)52(70)62-49(35(8)14-2)55(72)63(11)44(33(4)5)30-46(75-37(10)65)54-61-43(32-76-54)51(69)59-41(28-36(9)56(73)74)29-38-20-17-16-18-21-38/h16-18,20-25,32-36,41-42,44-46,48-49H,13-15,19,26-31,57H2,1-12H3,(H5-,58,59,60,62,66,67,68,69,70,71,73,74)/p+1/t35-,36-,41+,42-,44+,45+,46+,48-,49-,64?/m0/s1. The van der Waals surface area contributed by atoms with Gasteiger partial charge >= 0.3 is 17.9 Å². The minimum atomic E-state index is -1.13. The van der Waals surface area contributed by atoms with Gasteiger partial charge < -0.3 is 51.3 Å². The highest BCUT2D eigenvalue weighted by atomic mass is 32.1. The Morgan fingerprint density at radius 1 is 0.803 bits per heavy atom. The Balaban J connectivity index is 1.84. The Labute approximate surface area is 453 Å². The summed E-state index contributed by atoms with van der Waals surface area (Å²) in [5, 5.41) is 32.4. The van der Waals surface area contributed by atoms with Gasteiger partial charge in [-0.2, -0.15) is 0 Å². The summed E-state index contributed by atoms with van der Waals surface area (Å²) in [6, 6.07) is 12.1. The summed E-state index contributed by atoms with van der Waals surface area (Å²) in [5.41, 5.74) is 8.30. The second kappa shape index (κ2) is 30.5. The number of carboxylic acid groups (broad SMARTS) is 2. The molecule has 8 N–H and O–H groups in total. The fourth-order valence-corrected chi connectivity index (χ4v) is 9.96. The second-order valence-electron chi connectivity index (χ2n) is 21.1. The number of rotatable bonds is 32. The van der Waals surface area contributed by atoms with Gasteiger partial charge in [-0.15, -0.1) is 11.3 Å². The van der Waals surface area contributed by atoms with Crippen molar-refractivity contribution >= 4 is 64.5 Å². The number of hydrogen-bond acceptors (Lipinski definition) is 12. The first-order chi connectivity index (χ1) is 35.7. The van der Waals surface area contributed by atoms with E-state index in [1.54, 1.807) is 50.2 Å². The zero-order valence-electron chi connectivity index (χ0n) is 46.6. The van der Waals surface area contributed by atoms with Crippen LogP contribution in [-0.2, 0) is 51.3 Å². The van der Waals surface area contributed by atoms with Crippen molar-refractivity contribution in [1.82, 2.24) is 25.8 Å². The van der Waals surface area contributed by atoms with Crippen LogP contribution in [0.15, 0.2) is 60.0 Å². The molecule has 1 heterocycles. The molecule has 1 aromatic heterocycles. The monoisotopic (exact) mass is 1080 g/mol. The Morgan fingerprint density at radius 2 is 1.45 bits per heavy atom. The van der Waals surface area contributed by atoms with Gasteiger partial charge in [-0.3, -0.25) is 38.4 Å². The van der Waals surface area contributed by atoms with E-state index in [-0.39, 0.29) is 60.9 Å². The average Bonchev–Trinajstić information content (AvgIpc) is 3.87. The zero-order chi connectivity index (χ0) is 57.0. The lowest BCUT2D eigenvalue weighted by Gasteiger charge is -2.41. The number of carbonyl (C=O) groups is 8. The first-order valence-corrected chi connectivity index (χ1v) is 27.4. The van der Waals surface area contributed by atoms with E-state index < -0.39 is 83.9 Å². The SMILES string of the molecule is CCC[C@H](C(=O)N[C@H](C(=O)N(C)[C@H](C[C@@H](OC(C)=O)c1nc(C(=O)N[C@@H](Cc2ccccc2)C[C@H](C)C(=O)O)cs1)C(C)C)[C@@H](C)CC)[N+](C)(CC)Cc1ccc(NC(=O)[C@H](CCC(=O)O)NC(=O)[C@@H](N)C(C)C)cc1. The number of esters is 1. The molecule has 20 heteroatoms. The predicted octanol–water partition coefficient (Wildman–Crippen LogP) is 6.71. The number of nitrogens with two attached hydrogens (primary N) is 1. The van der Waals surface area contributed by atoms with Crippen LogP contribution < -0.4 is 27.0 Å². The third-order valence-electron chi connectivity index (χ3n) is 14.3. The van der Waals surface area contributed by atoms with E-state index in [4.69, 9.17) is 10.5 Å². The van der Waals surface area contributed by atoms with Crippen molar-refractivity contribution in [3.8, 4) is 0 Å². The van der Waals surface area contributed by atoms with Gasteiger partial charge in [0.25, 0.3) is 11.8 Å². The van der Waals surface area contributed by atoms with Gasteiger partial charge in [-0.25, -0.2) is 4.98 Å². The van der Waals surface area contributed by atoms with Crippen molar-refractivity contribution in [2.75, 3.05) is 26.0 Å². The fourth-order valence-electron chi connectivity index (χ4n) is 9.12. The highest BCUT2D eigenvalue weighted by molar-refractivity contribution is 7.09. The van der Waals surface area contributed by atoms with Crippen LogP contribution >= 0.6 is 11.3 Å². The molecule has 0 aliphatic carbocycles. The van der Waals surface area contributed by atoms with Crippen LogP contribution in [0.2, 0.25) is 0 Å². The Bertz CT molecular complexity index is 2400. The molecule has 0 bridgehead atoms. The molecule has 5 amide bonds. The van der Waals surface area contributed by atoms with Crippen molar-refractivity contribution in [2.45, 2.75) is 170 Å². The molecule has 0 aliphatic rings. The van der Waals surface area contributed by atoms with Crippen LogP contribution in [0, 0.1) is 23.7 Å². The van der Waals surface area contributed by atoms with E-state index in [9.17, 15) is 48.6 Å². The molecule has 1 unspecified atom stereocenters. The Hall–Kier alpha value is -6.25. The summed E-state index contributed by atoms with van der Waals surface area (Å²) in [7, 11) is 3.68. The molecule has 0 saturated carbocycles. The van der Waals surface area contributed by atoms with E-state index >= 15 is 0 Å². The number of nitrogens with zero attached hydrogens (tertiary/aromatic N) is 3. The predicted molar refractivity (Wildman–Crippen MR) is 293 cm³/mol. The smallest absolute Gasteiger partial charge is 0.306 e. The van der Waals surface area contributed by atoms with Crippen LogP contribution in [0.1, 0.15) is 147 Å². The number of aromatic nitrogens is 1. The van der Waals surface area contributed by atoms with Crippen LogP contribution in [0.3, 0.4) is 0 Å². The number of carbonyl (C=O) groups excluding carboxylic acids is 6. The van der Waals surface area contributed by atoms with Gasteiger partial charge in [0, 0.05) is 61.9 Å². The van der Waals surface area contributed by atoms with Gasteiger partial charge in [-0.1, -0.05) is 104 Å². The van der Waals surface area contributed by atoms with Crippen molar-refractivity contribution in [3.05, 3.63) is 81.8 Å². The summed E-state index contributed by atoms with van der Waals surface area (Å²) in [6.07, 6.45) is 1.12. The van der Waals surface area contributed by atoms with E-state index in [1.807, 2.05) is 91.1 Å². The lowest BCUT2D eigenvalue weighted by atomic mass is 9.92. The summed E-state index contributed by atoms with van der Waals surface area (Å²) < 4.78 is 6.15. The number of hydrogen-bond donors (Lipinski definition) is 7. The summed E-state index contributed by atoms with van der Waals surface area (Å²) in [5.74, 6) is -6.23. The number of quaternary nitrogens is 1. The minimum absolute atomic E-state index is 0.0827.